The molecule has 4 unspecified atom stereocenters. The zero-order chi connectivity index (χ0) is 13.4. The fourth-order valence-corrected chi connectivity index (χ4v) is 4.12. The van der Waals surface area contributed by atoms with Crippen molar-refractivity contribution < 1.29 is 5.11 Å². The van der Waals surface area contributed by atoms with E-state index in [2.05, 4.69) is 27.7 Å². The van der Waals surface area contributed by atoms with Crippen LogP contribution in [0.2, 0.25) is 0 Å². The summed E-state index contributed by atoms with van der Waals surface area (Å²) in [6.45, 7) is 9.48. The van der Waals surface area contributed by atoms with Crippen LogP contribution in [-0.4, -0.2) is 10.7 Å². The van der Waals surface area contributed by atoms with E-state index in [0.717, 1.165) is 24.7 Å². The Kier molecular flexibility index (Phi) is 4.11. The smallest absolute Gasteiger partial charge is 0.0676 e. The molecule has 1 nitrogen and oxygen atoms in total. The molecule has 0 aromatic carbocycles. The Bertz CT molecular complexity index is 283. The number of hydrogen-bond donors (Lipinski definition) is 1. The molecule has 0 radical (unpaired) electrons. The lowest BCUT2D eigenvalue weighted by molar-refractivity contribution is -0.0596. The molecule has 0 aliphatic heterocycles. The molecule has 0 aromatic rings. The van der Waals surface area contributed by atoms with Crippen LogP contribution in [0.3, 0.4) is 0 Å². The average Bonchev–Trinajstić information content (AvgIpc) is 2.43. The van der Waals surface area contributed by atoms with Crippen molar-refractivity contribution in [3.05, 3.63) is 0 Å². The number of hydrogen-bond acceptors (Lipinski definition) is 1. The fraction of sp³-hybridized carbons (Fsp3) is 1.00. The Morgan fingerprint density at radius 3 is 2.28 bits per heavy atom. The van der Waals surface area contributed by atoms with Gasteiger partial charge in [-0.05, 0) is 61.7 Å². The predicted molar refractivity (Wildman–Crippen MR) is 77.5 cm³/mol. The summed E-state index contributed by atoms with van der Waals surface area (Å²) in [7, 11) is 0. The summed E-state index contributed by atoms with van der Waals surface area (Å²) in [4.78, 5) is 0. The standard InChI is InChI=1S/C17H32O/c1-13-6-7-15(12-14(13)2)17(18)9-5-8-16(3,4)10-11-17/h13-15,18H,5-12H2,1-4H3. The van der Waals surface area contributed by atoms with Gasteiger partial charge in [0.1, 0.15) is 0 Å². The van der Waals surface area contributed by atoms with E-state index >= 15 is 0 Å². The summed E-state index contributed by atoms with van der Waals surface area (Å²) in [5, 5.41) is 11.1. The van der Waals surface area contributed by atoms with Gasteiger partial charge in [0.05, 0.1) is 5.60 Å². The maximum Gasteiger partial charge on any atom is 0.0676 e. The molecule has 0 heterocycles. The third kappa shape index (κ3) is 3.10. The van der Waals surface area contributed by atoms with Gasteiger partial charge in [0.15, 0.2) is 0 Å². The largest absolute Gasteiger partial charge is 0.390 e. The summed E-state index contributed by atoms with van der Waals surface area (Å²) in [6, 6.07) is 0. The molecule has 2 aliphatic rings. The topological polar surface area (TPSA) is 20.2 Å². The highest BCUT2D eigenvalue weighted by Crippen LogP contribution is 2.47. The van der Waals surface area contributed by atoms with Crippen LogP contribution >= 0.6 is 0 Å². The first-order chi connectivity index (χ1) is 8.32. The van der Waals surface area contributed by atoms with Crippen LogP contribution in [0.15, 0.2) is 0 Å². The molecular formula is C17H32O. The van der Waals surface area contributed by atoms with Crippen molar-refractivity contribution in [2.75, 3.05) is 0 Å². The van der Waals surface area contributed by atoms with Gasteiger partial charge in [-0.2, -0.15) is 0 Å². The lowest BCUT2D eigenvalue weighted by atomic mass is 9.67. The van der Waals surface area contributed by atoms with Crippen LogP contribution in [0, 0.1) is 23.2 Å². The molecule has 2 rings (SSSR count). The van der Waals surface area contributed by atoms with Crippen LogP contribution in [0.1, 0.15) is 79.1 Å². The van der Waals surface area contributed by atoms with Crippen LogP contribution in [0.5, 0.6) is 0 Å². The minimum atomic E-state index is -0.345. The highest BCUT2D eigenvalue weighted by molar-refractivity contribution is 4.94. The van der Waals surface area contributed by atoms with Crippen molar-refractivity contribution in [3.63, 3.8) is 0 Å². The number of rotatable bonds is 1. The summed E-state index contributed by atoms with van der Waals surface area (Å²) in [6.07, 6.45) is 9.59. The third-order valence-corrected chi connectivity index (χ3v) is 6.06. The van der Waals surface area contributed by atoms with Crippen molar-refractivity contribution in [3.8, 4) is 0 Å². The Morgan fingerprint density at radius 1 is 0.889 bits per heavy atom. The minimum Gasteiger partial charge on any atom is -0.390 e. The quantitative estimate of drug-likeness (QED) is 0.666. The van der Waals surface area contributed by atoms with Gasteiger partial charge >= 0.3 is 0 Å². The first kappa shape index (κ1) is 14.4. The molecule has 1 heteroatoms. The molecule has 0 aromatic heterocycles. The molecule has 0 saturated heterocycles. The highest BCUT2D eigenvalue weighted by Gasteiger charge is 2.42. The zero-order valence-electron chi connectivity index (χ0n) is 12.8. The van der Waals surface area contributed by atoms with Crippen LogP contribution in [0.25, 0.3) is 0 Å². The monoisotopic (exact) mass is 252 g/mol. The second-order valence-electron chi connectivity index (χ2n) is 8.09. The highest BCUT2D eigenvalue weighted by atomic mass is 16.3. The molecule has 0 spiro atoms. The second-order valence-corrected chi connectivity index (χ2v) is 8.09. The Balaban J connectivity index is 2.02. The fourth-order valence-electron chi connectivity index (χ4n) is 4.12. The van der Waals surface area contributed by atoms with Crippen molar-refractivity contribution in [2.24, 2.45) is 23.2 Å². The SMILES string of the molecule is CC1CCC(C2(O)CCCC(C)(C)CC2)CC1C. The lowest BCUT2D eigenvalue weighted by Gasteiger charge is -2.42. The summed E-state index contributed by atoms with van der Waals surface area (Å²) in [5.41, 5.74) is 0.0974. The third-order valence-electron chi connectivity index (χ3n) is 6.06. The van der Waals surface area contributed by atoms with Gasteiger partial charge in [-0.1, -0.05) is 40.5 Å². The first-order valence-corrected chi connectivity index (χ1v) is 8.05. The van der Waals surface area contributed by atoms with E-state index in [9.17, 15) is 5.11 Å². The molecule has 2 fully saturated rings. The summed E-state index contributed by atoms with van der Waals surface area (Å²) < 4.78 is 0. The molecule has 2 aliphatic carbocycles. The van der Waals surface area contributed by atoms with Crippen LogP contribution in [0.4, 0.5) is 0 Å². The van der Waals surface area contributed by atoms with Crippen molar-refractivity contribution >= 4 is 0 Å². The Morgan fingerprint density at radius 2 is 1.61 bits per heavy atom. The van der Waals surface area contributed by atoms with Gasteiger partial charge in [0.2, 0.25) is 0 Å². The van der Waals surface area contributed by atoms with Crippen LogP contribution < -0.4 is 0 Å². The Hall–Kier alpha value is -0.0400. The van der Waals surface area contributed by atoms with Crippen molar-refractivity contribution in [2.45, 2.75) is 84.7 Å². The van der Waals surface area contributed by atoms with E-state index in [1.807, 2.05) is 0 Å². The number of aliphatic hydroxyl groups is 1. The lowest BCUT2D eigenvalue weighted by Crippen LogP contribution is -2.41. The van der Waals surface area contributed by atoms with Gasteiger partial charge in [0.25, 0.3) is 0 Å². The predicted octanol–water partition coefficient (Wildman–Crippen LogP) is 4.78. The maximum absolute atomic E-state index is 11.1. The molecule has 18 heavy (non-hydrogen) atoms. The Labute approximate surface area is 113 Å². The van der Waals surface area contributed by atoms with E-state index in [1.54, 1.807) is 0 Å². The van der Waals surface area contributed by atoms with Crippen molar-refractivity contribution in [1.82, 2.24) is 0 Å². The molecule has 4 atom stereocenters. The second kappa shape index (κ2) is 5.15. The van der Waals surface area contributed by atoms with Gasteiger partial charge in [-0.25, -0.2) is 0 Å². The summed E-state index contributed by atoms with van der Waals surface area (Å²) in [5.74, 6) is 2.22. The molecule has 0 amide bonds. The van der Waals surface area contributed by atoms with E-state index in [-0.39, 0.29) is 5.60 Å². The van der Waals surface area contributed by atoms with Gasteiger partial charge in [-0.3, -0.25) is 0 Å². The van der Waals surface area contributed by atoms with Gasteiger partial charge in [-0.15, -0.1) is 0 Å². The van der Waals surface area contributed by atoms with Crippen LogP contribution in [-0.2, 0) is 0 Å². The maximum atomic E-state index is 11.1. The molecular weight excluding hydrogens is 220 g/mol. The van der Waals surface area contributed by atoms with E-state index < -0.39 is 0 Å². The minimum absolute atomic E-state index is 0.345. The summed E-state index contributed by atoms with van der Waals surface area (Å²) >= 11 is 0. The average molecular weight is 252 g/mol. The molecule has 0 bridgehead atoms. The first-order valence-electron chi connectivity index (χ1n) is 8.05. The zero-order valence-corrected chi connectivity index (χ0v) is 12.8. The van der Waals surface area contributed by atoms with E-state index in [4.69, 9.17) is 0 Å². The molecule has 1 N–H and O–H groups in total. The normalized spacial score (nSPS) is 45.5. The van der Waals surface area contributed by atoms with E-state index in [0.29, 0.717) is 11.3 Å². The van der Waals surface area contributed by atoms with Gasteiger partial charge in [0, 0.05) is 0 Å². The molecule has 106 valence electrons. The van der Waals surface area contributed by atoms with E-state index in [1.165, 1.54) is 38.5 Å². The van der Waals surface area contributed by atoms with Crippen molar-refractivity contribution in [1.29, 1.82) is 0 Å². The molecule has 2 saturated carbocycles. The van der Waals surface area contributed by atoms with Gasteiger partial charge < -0.3 is 5.11 Å².